The van der Waals surface area contributed by atoms with Crippen LogP contribution < -0.4 is 5.73 Å². The van der Waals surface area contributed by atoms with Gasteiger partial charge in [0.1, 0.15) is 5.82 Å². The van der Waals surface area contributed by atoms with E-state index in [1.807, 2.05) is 4.90 Å². The third-order valence-electron chi connectivity index (χ3n) is 4.05. The Labute approximate surface area is 120 Å². The number of nitrogens with zero attached hydrogens (tertiary/aromatic N) is 1. The summed E-state index contributed by atoms with van der Waals surface area (Å²) in [5, 5.41) is 0. The predicted molar refractivity (Wildman–Crippen MR) is 77.7 cm³/mol. The van der Waals surface area contributed by atoms with E-state index in [0.717, 1.165) is 25.8 Å². The number of hydrogen-bond donors (Lipinski definition) is 1. The van der Waals surface area contributed by atoms with Gasteiger partial charge >= 0.3 is 0 Å². The van der Waals surface area contributed by atoms with Crippen LogP contribution in [-0.2, 0) is 11.2 Å². The van der Waals surface area contributed by atoms with Crippen LogP contribution in [0, 0.1) is 5.82 Å². The van der Waals surface area contributed by atoms with Crippen molar-refractivity contribution in [2.75, 3.05) is 6.54 Å². The van der Waals surface area contributed by atoms with Crippen LogP contribution in [0.4, 0.5) is 4.39 Å². The van der Waals surface area contributed by atoms with Crippen LogP contribution in [0.25, 0.3) is 0 Å². The fourth-order valence-electron chi connectivity index (χ4n) is 2.95. The Morgan fingerprint density at radius 1 is 1.50 bits per heavy atom. The zero-order valence-electron chi connectivity index (χ0n) is 12.0. The second-order valence-corrected chi connectivity index (χ2v) is 5.55. The summed E-state index contributed by atoms with van der Waals surface area (Å²) in [6, 6.07) is 6.65. The Balaban J connectivity index is 1.89. The maximum atomic E-state index is 13.6. The molecule has 2 N–H and O–H groups in total. The molecule has 2 rings (SSSR count). The number of hydrogen-bond acceptors (Lipinski definition) is 2. The van der Waals surface area contributed by atoms with Gasteiger partial charge in [-0.1, -0.05) is 25.1 Å². The van der Waals surface area contributed by atoms with Crippen LogP contribution in [0.1, 0.15) is 38.2 Å². The van der Waals surface area contributed by atoms with E-state index in [1.54, 1.807) is 18.2 Å². The highest BCUT2D eigenvalue weighted by Gasteiger charge is 2.28. The fourth-order valence-corrected chi connectivity index (χ4v) is 2.95. The lowest BCUT2D eigenvalue weighted by Gasteiger charge is -2.25. The minimum Gasteiger partial charge on any atom is -0.340 e. The average molecular weight is 278 g/mol. The number of amides is 1. The molecule has 1 aromatic carbocycles. The SMILES string of the molecule is CC[C@@H]1CCCN1C(=O)CC(N)Cc1ccccc1F. The number of benzene rings is 1. The molecule has 1 heterocycles. The molecule has 0 bridgehead atoms. The molecule has 0 aliphatic carbocycles. The lowest BCUT2D eigenvalue weighted by molar-refractivity contribution is -0.132. The van der Waals surface area contributed by atoms with Crippen LogP contribution >= 0.6 is 0 Å². The van der Waals surface area contributed by atoms with E-state index in [1.165, 1.54) is 6.07 Å². The monoisotopic (exact) mass is 278 g/mol. The lowest BCUT2D eigenvalue weighted by atomic mass is 10.0. The van der Waals surface area contributed by atoms with Crippen molar-refractivity contribution in [3.05, 3.63) is 35.6 Å². The summed E-state index contributed by atoms with van der Waals surface area (Å²) >= 11 is 0. The lowest BCUT2D eigenvalue weighted by Crippen LogP contribution is -2.39. The summed E-state index contributed by atoms with van der Waals surface area (Å²) < 4.78 is 13.6. The molecule has 1 aliphatic heterocycles. The molecule has 20 heavy (non-hydrogen) atoms. The number of halogens is 1. The molecule has 3 nitrogen and oxygen atoms in total. The molecule has 2 atom stereocenters. The Morgan fingerprint density at radius 3 is 2.95 bits per heavy atom. The second kappa shape index (κ2) is 6.84. The van der Waals surface area contributed by atoms with Gasteiger partial charge in [0.2, 0.25) is 5.91 Å². The van der Waals surface area contributed by atoms with Gasteiger partial charge in [0.15, 0.2) is 0 Å². The average Bonchev–Trinajstić information content (AvgIpc) is 2.89. The van der Waals surface area contributed by atoms with Crippen LogP contribution in [0.2, 0.25) is 0 Å². The van der Waals surface area contributed by atoms with Gasteiger partial charge in [0, 0.05) is 25.0 Å². The van der Waals surface area contributed by atoms with Crippen LogP contribution in [-0.4, -0.2) is 29.4 Å². The first-order chi connectivity index (χ1) is 9.61. The third-order valence-corrected chi connectivity index (χ3v) is 4.05. The summed E-state index contributed by atoms with van der Waals surface area (Å²) in [5.74, 6) is -0.138. The van der Waals surface area contributed by atoms with Crippen molar-refractivity contribution in [3.63, 3.8) is 0 Å². The van der Waals surface area contributed by atoms with Crippen molar-refractivity contribution in [1.82, 2.24) is 4.90 Å². The van der Waals surface area contributed by atoms with E-state index in [9.17, 15) is 9.18 Å². The van der Waals surface area contributed by atoms with Gasteiger partial charge in [-0.15, -0.1) is 0 Å². The van der Waals surface area contributed by atoms with Gasteiger partial charge in [-0.05, 0) is 37.3 Å². The number of nitrogens with two attached hydrogens (primary N) is 1. The Morgan fingerprint density at radius 2 is 2.25 bits per heavy atom. The zero-order valence-corrected chi connectivity index (χ0v) is 12.0. The molecule has 0 saturated carbocycles. The van der Waals surface area contributed by atoms with E-state index in [-0.39, 0.29) is 17.8 Å². The van der Waals surface area contributed by atoms with Crippen LogP contribution in [0.3, 0.4) is 0 Å². The smallest absolute Gasteiger partial charge is 0.224 e. The maximum absolute atomic E-state index is 13.6. The Bertz CT molecular complexity index is 464. The molecular weight excluding hydrogens is 255 g/mol. The molecule has 1 fully saturated rings. The number of carbonyl (C=O) groups excluding carboxylic acids is 1. The number of rotatable bonds is 5. The van der Waals surface area contributed by atoms with Crippen molar-refractivity contribution < 1.29 is 9.18 Å². The first-order valence-corrected chi connectivity index (χ1v) is 7.40. The van der Waals surface area contributed by atoms with Gasteiger partial charge < -0.3 is 10.6 Å². The van der Waals surface area contributed by atoms with Gasteiger partial charge in [0.05, 0.1) is 0 Å². The molecule has 1 amide bonds. The molecule has 1 aromatic rings. The van der Waals surface area contributed by atoms with Crippen molar-refractivity contribution in [3.8, 4) is 0 Å². The van der Waals surface area contributed by atoms with Crippen molar-refractivity contribution in [2.45, 2.75) is 51.1 Å². The standard InChI is InChI=1S/C16H23FN2O/c1-2-14-7-5-9-19(14)16(20)11-13(18)10-12-6-3-4-8-15(12)17/h3-4,6,8,13-14H,2,5,7,9-11,18H2,1H3/t13?,14-/m1/s1. The minimum absolute atomic E-state index is 0.109. The molecule has 0 aromatic heterocycles. The van der Waals surface area contributed by atoms with Gasteiger partial charge in [0.25, 0.3) is 0 Å². The number of likely N-dealkylation sites (tertiary alicyclic amines) is 1. The summed E-state index contributed by atoms with van der Waals surface area (Å²) in [4.78, 5) is 14.2. The highest BCUT2D eigenvalue weighted by molar-refractivity contribution is 5.77. The molecule has 110 valence electrons. The maximum Gasteiger partial charge on any atom is 0.224 e. The number of carbonyl (C=O) groups is 1. The first-order valence-electron chi connectivity index (χ1n) is 7.40. The largest absolute Gasteiger partial charge is 0.340 e. The van der Waals surface area contributed by atoms with Crippen LogP contribution in [0.15, 0.2) is 24.3 Å². The zero-order chi connectivity index (χ0) is 14.5. The Hall–Kier alpha value is -1.42. The van der Waals surface area contributed by atoms with Crippen LogP contribution in [0.5, 0.6) is 0 Å². The predicted octanol–water partition coefficient (Wildman–Crippen LogP) is 2.49. The summed E-state index contributed by atoms with van der Waals surface area (Å²) in [5.41, 5.74) is 6.60. The highest BCUT2D eigenvalue weighted by Crippen LogP contribution is 2.21. The second-order valence-electron chi connectivity index (χ2n) is 5.55. The molecular formula is C16H23FN2O. The summed E-state index contributed by atoms with van der Waals surface area (Å²) in [7, 11) is 0. The first kappa shape index (κ1) is 15.0. The minimum atomic E-state index is -0.322. The van der Waals surface area contributed by atoms with Gasteiger partial charge in [-0.3, -0.25) is 4.79 Å². The fraction of sp³-hybridized carbons (Fsp3) is 0.562. The van der Waals surface area contributed by atoms with Crippen molar-refractivity contribution in [2.24, 2.45) is 5.73 Å². The molecule has 4 heteroatoms. The van der Waals surface area contributed by atoms with E-state index in [2.05, 4.69) is 6.92 Å². The normalized spacial score (nSPS) is 20.1. The Kier molecular flexibility index (Phi) is 5.12. The summed E-state index contributed by atoms with van der Waals surface area (Å²) in [6.45, 7) is 2.94. The molecule has 1 aliphatic rings. The molecule has 1 unspecified atom stereocenters. The summed E-state index contributed by atoms with van der Waals surface area (Å²) in [6.07, 6.45) is 3.86. The molecule has 0 radical (unpaired) electrons. The molecule has 0 spiro atoms. The quantitative estimate of drug-likeness (QED) is 0.899. The van der Waals surface area contributed by atoms with Gasteiger partial charge in [-0.2, -0.15) is 0 Å². The van der Waals surface area contributed by atoms with E-state index in [4.69, 9.17) is 5.73 Å². The topological polar surface area (TPSA) is 46.3 Å². The van der Waals surface area contributed by atoms with Crippen molar-refractivity contribution >= 4 is 5.91 Å². The van der Waals surface area contributed by atoms with E-state index >= 15 is 0 Å². The van der Waals surface area contributed by atoms with Gasteiger partial charge in [-0.25, -0.2) is 4.39 Å². The molecule has 1 saturated heterocycles. The highest BCUT2D eigenvalue weighted by atomic mass is 19.1. The van der Waals surface area contributed by atoms with E-state index in [0.29, 0.717) is 24.4 Å². The van der Waals surface area contributed by atoms with Crippen molar-refractivity contribution in [1.29, 1.82) is 0 Å². The third kappa shape index (κ3) is 3.57. The van der Waals surface area contributed by atoms with E-state index < -0.39 is 0 Å².